The van der Waals surface area contributed by atoms with E-state index in [-0.39, 0.29) is 12.2 Å². The van der Waals surface area contributed by atoms with E-state index in [1.54, 1.807) is 10.7 Å². The van der Waals surface area contributed by atoms with E-state index < -0.39 is 0 Å². The molecule has 0 atom stereocenters. The zero-order chi connectivity index (χ0) is 14.7. The topological polar surface area (TPSA) is 69.0 Å². The summed E-state index contributed by atoms with van der Waals surface area (Å²) in [5.41, 5.74) is 1.48. The predicted molar refractivity (Wildman–Crippen MR) is 78.8 cm³/mol. The van der Waals surface area contributed by atoms with Crippen LogP contribution in [-0.2, 0) is 13.0 Å². The third-order valence-electron chi connectivity index (χ3n) is 3.43. The van der Waals surface area contributed by atoms with Crippen LogP contribution >= 0.6 is 0 Å². The number of carbonyl (C=O) groups excluding carboxylic acids is 1. The number of fused-ring (bicyclic) bond motifs is 1. The van der Waals surface area contributed by atoms with Crippen molar-refractivity contribution in [2.24, 2.45) is 0 Å². The number of benzene rings is 1. The van der Waals surface area contributed by atoms with E-state index in [2.05, 4.69) is 22.3 Å². The smallest absolute Gasteiger partial charge is 0.174 e. The first-order valence-electron chi connectivity index (χ1n) is 7.19. The second kappa shape index (κ2) is 5.95. The molecule has 0 radical (unpaired) electrons. The van der Waals surface area contributed by atoms with Crippen LogP contribution in [0.5, 0.6) is 5.75 Å². The number of Topliss-reactive ketones (excluding diaryl/α,β-unsaturated/α-hetero) is 1. The monoisotopic (exact) mass is 286 g/mol. The molecule has 0 bridgehead atoms. The highest BCUT2D eigenvalue weighted by molar-refractivity contribution is 6.01. The number of nitrogens with zero attached hydrogens (tertiary/aromatic N) is 3. The zero-order valence-corrected chi connectivity index (χ0v) is 12.0. The number of aryl methyl sites for hydroxylation is 1. The first-order chi connectivity index (χ1) is 10.3. The summed E-state index contributed by atoms with van der Waals surface area (Å²) in [7, 11) is 0. The van der Waals surface area contributed by atoms with E-state index in [9.17, 15) is 4.79 Å². The van der Waals surface area contributed by atoms with Gasteiger partial charge >= 0.3 is 0 Å². The van der Waals surface area contributed by atoms with Crippen LogP contribution in [0, 0.1) is 0 Å². The number of ether oxygens (including phenoxy) is 1. The van der Waals surface area contributed by atoms with Gasteiger partial charge in [-0.2, -0.15) is 5.10 Å². The Balaban J connectivity index is 1.84. The van der Waals surface area contributed by atoms with Gasteiger partial charge in [0.1, 0.15) is 18.8 Å². The Kier molecular flexibility index (Phi) is 3.85. The third kappa shape index (κ3) is 2.74. The summed E-state index contributed by atoms with van der Waals surface area (Å²) in [6.45, 7) is 4.17. The molecule has 0 amide bonds. The van der Waals surface area contributed by atoms with Gasteiger partial charge in [-0.25, -0.2) is 9.67 Å². The van der Waals surface area contributed by atoms with Crippen LogP contribution in [0.4, 0.5) is 5.69 Å². The van der Waals surface area contributed by atoms with Crippen molar-refractivity contribution in [2.75, 3.05) is 18.5 Å². The first kappa shape index (κ1) is 13.6. The lowest BCUT2D eigenvalue weighted by Gasteiger charge is -2.21. The molecule has 0 saturated carbocycles. The van der Waals surface area contributed by atoms with E-state index >= 15 is 0 Å². The lowest BCUT2D eigenvalue weighted by atomic mass is 10.0. The number of hydrogen-bond donors (Lipinski definition) is 1. The van der Waals surface area contributed by atoms with Crippen LogP contribution in [0.1, 0.15) is 29.5 Å². The van der Waals surface area contributed by atoms with E-state index in [0.717, 1.165) is 25.2 Å². The quantitative estimate of drug-likeness (QED) is 0.850. The van der Waals surface area contributed by atoms with Gasteiger partial charge in [-0.05, 0) is 18.6 Å². The summed E-state index contributed by atoms with van der Waals surface area (Å²) in [4.78, 5) is 16.7. The molecule has 110 valence electrons. The van der Waals surface area contributed by atoms with Crippen molar-refractivity contribution < 1.29 is 9.53 Å². The van der Waals surface area contributed by atoms with E-state index in [4.69, 9.17) is 4.74 Å². The molecule has 0 spiro atoms. The summed E-state index contributed by atoms with van der Waals surface area (Å²) in [5, 5.41) is 7.39. The molecule has 6 nitrogen and oxygen atoms in total. The third-order valence-corrected chi connectivity index (χ3v) is 3.43. The van der Waals surface area contributed by atoms with Crippen molar-refractivity contribution in [1.82, 2.24) is 14.8 Å². The van der Waals surface area contributed by atoms with Crippen molar-refractivity contribution in [1.29, 1.82) is 0 Å². The number of rotatable bonds is 5. The van der Waals surface area contributed by atoms with Crippen LogP contribution in [0.3, 0.4) is 0 Å². The molecule has 1 N–H and O–H groups in total. The van der Waals surface area contributed by atoms with E-state index in [1.165, 1.54) is 6.33 Å². The highest BCUT2D eigenvalue weighted by atomic mass is 16.5. The van der Waals surface area contributed by atoms with Gasteiger partial charge in [0.25, 0.3) is 0 Å². The average molecular weight is 286 g/mol. The van der Waals surface area contributed by atoms with Crippen molar-refractivity contribution in [3.63, 3.8) is 0 Å². The largest absolute Gasteiger partial charge is 0.489 e. The molecule has 1 aromatic heterocycles. The fourth-order valence-corrected chi connectivity index (χ4v) is 2.45. The van der Waals surface area contributed by atoms with Crippen LogP contribution in [0.15, 0.2) is 24.5 Å². The minimum absolute atomic E-state index is 0.000836. The number of anilines is 1. The fraction of sp³-hybridized carbons (Fsp3) is 0.400. The molecule has 1 aliphatic heterocycles. The molecule has 3 rings (SSSR count). The van der Waals surface area contributed by atoms with Crippen molar-refractivity contribution >= 4 is 11.5 Å². The van der Waals surface area contributed by atoms with Gasteiger partial charge in [0.05, 0.1) is 17.7 Å². The number of nitrogens with one attached hydrogen (secondary N) is 1. The molecule has 1 aliphatic rings. The van der Waals surface area contributed by atoms with Crippen molar-refractivity contribution in [2.45, 2.75) is 26.3 Å². The molecular formula is C15H18N4O2. The standard InChI is InChI=1S/C15H18N4O2/c1-2-7-19-14(17-10-18-19)9-13(20)11-4-3-5-12-15(11)21-8-6-16-12/h3-5,10,16H,2,6-9H2,1H3. The Morgan fingerprint density at radius 1 is 1.48 bits per heavy atom. The lowest BCUT2D eigenvalue weighted by molar-refractivity contribution is 0.0985. The second-order valence-electron chi connectivity index (χ2n) is 4.96. The van der Waals surface area contributed by atoms with Gasteiger partial charge in [0.2, 0.25) is 0 Å². The number of aromatic nitrogens is 3. The SMILES string of the molecule is CCCn1ncnc1CC(=O)c1cccc2c1OCCN2. The Labute approximate surface area is 123 Å². The highest BCUT2D eigenvalue weighted by Gasteiger charge is 2.20. The maximum atomic E-state index is 12.6. The predicted octanol–water partition coefficient (Wildman–Crippen LogP) is 1.92. The molecule has 0 aliphatic carbocycles. The molecule has 2 heterocycles. The van der Waals surface area contributed by atoms with Gasteiger partial charge in [-0.15, -0.1) is 0 Å². The van der Waals surface area contributed by atoms with Crippen LogP contribution < -0.4 is 10.1 Å². The van der Waals surface area contributed by atoms with Crippen molar-refractivity contribution in [3.05, 3.63) is 35.9 Å². The van der Waals surface area contributed by atoms with Crippen molar-refractivity contribution in [3.8, 4) is 5.75 Å². The summed E-state index contributed by atoms with van der Waals surface area (Å²) in [5.74, 6) is 1.35. The first-order valence-corrected chi connectivity index (χ1v) is 7.19. The summed E-state index contributed by atoms with van der Waals surface area (Å²) in [6.07, 6.45) is 2.69. The Morgan fingerprint density at radius 2 is 2.38 bits per heavy atom. The van der Waals surface area contributed by atoms with Gasteiger partial charge in [0, 0.05) is 13.1 Å². The van der Waals surface area contributed by atoms with Crippen LogP contribution in [0.2, 0.25) is 0 Å². The Bertz CT molecular complexity index is 651. The molecule has 0 saturated heterocycles. The Morgan fingerprint density at radius 3 is 3.24 bits per heavy atom. The van der Waals surface area contributed by atoms with E-state index in [1.807, 2.05) is 12.1 Å². The number of para-hydroxylation sites is 1. The fourth-order valence-electron chi connectivity index (χ4n) is 2.45. The van der Waals surface area contributed by atoms with Gasteiger partial charge in [-0.1, -0.05) is 13.0 Å². The molecule has 6 heteroatoms. The Hall–Kier alpha value is -2.37. The number of carbonyl (C=O) groups is 1. The van der Waals surface area contributed by atoms with Gasteiger partial charge < -0.3 is 10.1 Å². The number of hydrogen-bond acceptors (Lipinski definition) is 5. The highest BCUT2D eigenvalue weighted by Crippen LogP contribution is 2.31. The summed E-state index contributed by atoms with van der Waals surface area (Å²) >= 11 is 0. The lowest BCUT2D eigenvalue weighted by Crippen LogP contribution is -2.21. The molecule has 2 aromatic rings. The second-order valence-corrected chi connectivity index (χ2v) is 4.96. The van der Waals surface area contributed by atoms with Gasteiger partial charge in [-0.3, -0.25) is 4.79 Å². The minimum atomic E-state index is 0.000836. The summed E-state index contributed by atoms with van der Waals surface area (Å²) in [6, 6.07) is 5.59. The van der Waals surface area contributed by atoms with Crippen LogP contribution in [-0.4, -0.2) is 33.7 Å². The zero-order valence-electron chi connectivity index (χ0n) is 12.0. The average Bonchev–Trinajstić information content (AvgIpc) is 2.94. The van der Waals surface area contributed by atoms with Crippen LogP contribution in [0.25, 0.3) is 0 Å². The molecular weight excluding hydrogens is 268 g/mol. The molecule has 1 aromatic carbocycles. The normalized spacial score (nSPS) is 13.2. The maximum Gasteiger partial charge on any atom is 0.174 e. The minimum Gasteiger partial charge on any atom is -0.489 e. The maximum absolute atomic E-state index is 12.6. The number of ketones is 1. The summed E-state index contributed by atoms with van der Waals surface area (Å²) < 4.78 is 7.43. The van der Waals surface area contributed by atoms with E-state index in [0.29, 0.717) is 23.7 Å². The molecule has 0 unspecified atom stereocenters. The molecule has 0 fully saturated rings. The van der Waals surface area contributed by atoms with Gasteiger partial charge in [0.15, 0.2) is 11.5 Å². The molecule has 21 heavy (non-hydrogen) atoms.